The van der Waals surface area contributed by atoms with Gasteiger partial charge in [0.1, 0.15) is 18.2 Å². The smallest absolute Gasteiger partial charge is 0.417 e. The average Bonchev–Trinajstić information content (AvgIpc) is 2.98. The molecule has 43 heavy (non-hydrogen) atoms. The quantitative estimate of drug-likeness (QED) is 0.177. The van der Waals surface area contributed by atoms with Crippen LogP contribution >= 0.6 is 0 Å². The second kappa shape index (κ2) is 11.8. The number of aromatic amines is 1. The van der Waals surface area contributed by atoms with Crippen molar-refractivity contribution in [2.24, 2.45) is 0 Å². The van der Waals surface area contributed by atoms with Crippen LogP contribution in [0, 0.1) is 11.8 Å². The molecule has 0 atom stereocenters. The van der Waals surface area contributed by atoms with Crippen LogP contribution in [0.15, 0.2) is 95.9 Å². The van der Waals surface area contributed by atoms with Gasteiger partial charge in [0.05, 0.1) is 22.4 Å². The highest BCUT2D eigenvalue weighted by molar-refractivity contribution is 5.71. The Morgan fingerprint density at radius 1 is 0.767 bits per heavy atom. The number of alkyl halides is 6. The van der Waals surface area contributed by atoms with Crippen LogP contribution in [-0.2, 0) is 19.0 Å². The first kappa shape index (κ1) is 29.1. The number of benzene rings is 3. The third kappa shape index (κ3) is 7.08. The molecule has 0 bridgehead atoms. The van der Waals surface area contributed by atoms with Gasteiger partial charge in [0.2, 0.25) is 0 Å². The molecule has 0 aliphatic carbocycles. The van der Waals surface area contributed by atoms with Crippen LogP contribution < -0.4 is 10.4 Å². The number of halogens is 6. The van der Waals surface area contributed by atoms with Crippen LogP contribution in [0.1, 0.15) is 27.9 Å². The number of hydrogen-bond acceptors (Lipinski definition) is 5. The minimum absolute atomic E-state index is 0.163. The summed E-state index contributed by atoms with van der Waals surface area (Å²) in [5.41, 5.74) is -2.17. The molecule has 2 aromatic heterocycles. The predicted molar refractivity (Wildman–Crippen MR) is 145 cm³/mol. The molecular weight excluding hydrogens is 574 g/mol. The van der Waals surface area contributed by atoms with Crippen LogP contribution in [0.5, 0.6) is 5.75 Å². The van der Waals surface area contributed by atoms with Gasteiger partial charge >= 0.3 is 18.0 Å². The molecule has 5 aromatic rings. The summed E-state index contributed by atoms with van der Waals surface area (Å²) in [5, 5.41) is 0. The Hall–Kier alpha value is -5.44. The van der Waals surface area contributed by atoms with E-state index in [1.807, 2.05) is 30.3 Å². The van der Waals surface area contributed by atoms with Gasteiger partial charge in [-0.1, -0.05) is 36.1 Å². The Morgan fingerprint density at radius 3 is 2.14 bits per heavy atom. The Bertz CT molecular complexity index is 1870. The molecule has 0 amide bonds. The molecule has 0 spiro atoms. The van der Waals surface area contributed by atoms with E-state index < -0.39 is 47.2 Å². The van der Waals surface area contributed by atoms with Crippen molar-refractivity contribution in [3.8, 4) is 40.4 Å². The molecule has 0 unspecified atom stereocenters. The lowest BCUT2D eigenvalue weighted by molar-refractivity contribution is -0.138. The third-order valence-electron chi connectivity index (χ3n) is 6.01. The Kier molecular flexibility index (Phi) is 7.98. The number of pyridine rings is 1. The van der Waals surface area contributed by atoms with Crippen molar-refractivity contribution in [2.75, 3.05) is 0 Å². The monoisotopic (exact) mass is 592 g/mol. The number of rotatable bonds is 5. The first-order valence-corrected chi connectivity index (χ1v) is 12.5. The fourth-order valence-corrected chi connectivity index (χ4v) is 4.02. The molecule has 2 heterocycles. The minimum atomic E-state index is -4.90. The number of aromatic nitrogens is 4. The molecule has 0 fully saturated rings. The lowest BCUT2D eigenvalue weighted by Crippen LogP contribution is -2.17. The number of nitrogens with zero attached hydrogens (tertiary/aromatic N) is 3. The van der Waals surface area contributed by atoms with Crippen molar-refractivity contribution in [1.82, 2.24) is 19.9 Å². The van der Waals surface area contributed by atoms with Crippen molar-refractivity contribution in [2.45, 2.75) is 19.0 Å². The summed E-state index contributed by atoms with van der Waals surface area (Å²) in [6.45, 7) is -0.591. The van der Waals surface area contributed by atoms with Gasteiger partial charge in [-0.05, 0) is 60.7 Å². The van der Waals surface area contributed by atoms with Crippen molar-refractivity contribution in [1.29, 1.82) is 0 Å². The van der Waals surface area contributed by atoms with Crippen LogP contribution in [0.2, 0.25) is 0 Å². The number of hydrogen-bond donors (Lipinski definition) is 1. The van der Waals surface area contributed by atoms with E-state index in [2.05, 4.69) is 31.8 Å². The van der Waals surface area contributed by atoms with Crippen LogP contribution in [0.3, 0.4) is 0 Å². The predicted octanol–water partition coefficient (Wildman–Crippen LogP) is 6.91. The van der Waals surface area contributed by atoms with Crippen LogP contribution in [0.25, 0.3) is 22.8 Å². The molecule has 5 rings (SSSR count). The summed E-state index contributed by atoms with van der Waals surface area (Å²) in [5.74, 6) is 4.95. The van der Waals surface area contributed by atoms with Crippen molar-refractivity contribution in [3.05, 3.63) is 130 Å². The second-order valence-corrected chi connectivity index (χ2v) is 9.02. The van der Waals surface area contributed by atoms with Crippen molar-refractivity contribution < 1.29 is 31.1 Å². The summed E-state index contributed by atoms with van der Waals surface area (Å²) in [4.78, 5) is 26.5. The van der Waals surface area contributed by atoms with Gasteiger partial charge in [-0.2, -0.15) is 31.3 Å². The Labute approximate surface area is 240 Å². The average molecular weight is 592 g/mol. The van der Waals surface area contributed by atoms with Gasteiger partial charge in [0, 0.05) is 22.9 Å². The summed E-state index contributed by atoms with van der Waals surface area (Å²) in [7, 11) is 0. The molecule has 0 radical (unpaired) electrons. The first-order valence-electron chi connectivity index (χ1n) is 12.5. The highest BCUT2D eigenvalue weighted by Crippen LogP contribution is 2.41. The molecule has 0 aliphatic rings. The van der Waals surface area contributed by atoms with Crippen molar-refractivity contribution in [3.63, 3.8) is 0 Å². The maximum atomic E-state index is 14.1. The summed E-state index contributed by atoms with van der Waals surface area (Å²) in [6.07, 6.45) is -8.63. The van der Waals surface area contributed by atoms with Crippen LogP contribution in [0.4, 0.5) is 26.3 Å². The third-order valence-corrected chi connectivity index (χ3v) is 6.01. The zero-order valence-electron chi connectivity index (χ0n) is 21.8. The van der Waals surface area contributed by atoms with Crippen molar-refractivity contribution >= 4 is 0 Å². The molecule has 1 N–H and O–H groups in total. The van der Waals surface area contributed by atoms with Gasteiger partial charge in [0.15, 0.2) is 5.82 Å². The summed E-state index contributed by atoms with van der Waals surface area (Å²) in [6, 6.07) is 20.2. The maximum absolute atomic E-state index is 14.1. The minimum Gasteiger partial charge on any atom is -0.487 e. The van der Waals surface area contributed by atoms with E-state index in [1.54, 1.807) is 24.3 Å². The highest BCUT2D eigenvalue weighted by atomic mass is 19.4. The number of nitrogens with one attached hydrogen (secondary N) is 1. The molecule has 12 heteroatoms. The normalized spacial score (nSPS) is 11.5. The number of ether oxygens (including phenoxy) is 1. The summed E-state index contributed by atoms with van der Waals surface area (Å²) < 4.78 is 87.1. The van der Waals surface area contributed by atoms with E-state index in [0.717, 1.165) is 36.0 Å². The van der Waals surface area contributed by atoms with Gasteiger partial charge in [-0.25, -0.2) is 9.78 Å². The first-order chi connectivity index (χ1) is 20.5. The summed E-state index contributed by atoms with van der Waals surface area (Å²) >= 11 is 0. The standard InChI is InChI=1S/C31H18F6N4O2/c32-30(33,34)22-15-16-38-23(17-22)18-43-25-8-4-7-24(31(35,36)37)26(25)28-39-27(40-29(42)41-28)21-13-11-20(12-14-21)10-9-19-5-2-1-3-6-19/h1-8,11-17H,18H2,(H,39,40,41,42). The second-order valence-electron chi connectivity index (χ2n) is 9.02. The maximum Gasteiger partial charge on any atom is 0.417 e. The lowest BCUT2D eigenvalue weighted by Gasteiger charge is -2.17. The van der Waals surface area contributed by atoms with E-state index in [-0.39, 0.29) is 17.3 Å². The van der Waals surface area contributed by atoms with Gasteiger partial charge in [0.25, 0.3) is 0 Å². The molecule has 6 nitrogen and oxygen atoms in total. The molecule has 216 valence electrons. The van der Waals surface area contributed by atoms with E-state index in [0.29, 0.717) is 11.1 Å². The zero-order chi connectivity index (χ0) is 30.6. The Morgan fingerprint density at radius 2 is 1.47 bits per heavy atom. The van der Waals surface area contributed by atoms with Gasteiger partial charge < -0.3 is 4.74 Å². The van der Waals surface area contributed by atoms with Gasteiger partial charge in [-0.15, -0.1) is 0 Å². The lowest BCUT2D eigenvalue weighted by atomic mass is 10.0. The highest BCUT2D eigenvalue weighted by Gasteiger charge is 2.36. The largest absolute Gasteiger partial charge is 0.487 e. The van der Waals surface area contributed by atoms with Gasteiger partial charge in [-0.3, -0.25) is 9.97 Å². The molecule has 0 saturated carbocycles. The molecule has 3 aromatic carbocycles. The van der Waals surface area contributed by atoms with E-state index in [9.17, 15) is 31.1 Å². The number of H-pyrrole nitrogens is 1. The zero-order valence-corrected chi connectivity index (χ0v) is 21.8. The Balaban J connectivity index is 1.50. The fraction of sp³-hybridized carbons (Fsp3) is 0.0968. The topological polar surface area (TPSA) is 80.8 Å². The SMILES string of the molecule is O=c1nc(-c2ccc(C#Cc3ccccc3)cc2)nc(-c2c(OCc3cc(C(F)(F)F)ccn3)cccc2C(F)(F)F)[nH]1. The van der Waals surface area contributed by atoms with E-state index >= 15 is 0 Å². The molecular formula is C31H18F6N4O2. The van der Waals surface area contributed by atoms with Crippen LogP contribution in [-0.4, -0.2) is 19.9 Å². The molecule has 0 saturated heterocycles. The molecule has 0 aliphatic heterocycles. The van der Waals surface area contributed by atoms with E-state index in [1.165, 1.54) is 6.07 Å². The van der Waals surface area contributed by atoms with E-state index in [4.69, 9.17) is 4.74 Å². The fourth-order valence-electron chi connectivity index (χ4n) is 4.02.